The van der Waals surface area contributed by atoms with Crippen LogP contribution in [0.25, 0.3) is 0 Å². The van der Waals surface area contributed by atoms with Crippen molar-refractivity contribution in [2.75, 3.05) is 13.7 Å². The van der Waals surface area contributed by atoms with Gasteiger partial charge in [-0.3, -0.25) is 4.68 Å². The van der Waals surface area contributed by atoms with Gasteiger partial charge in [-0.2, -0.15) is 5.10 Å². The highest BCUT2D eigenvalue weighted by Gasteiger charge is 2.27. The van der Waals surface area contributed by atoms with Gasteiger partial charge >= 0.3 is 0 Å². The van der Waals surface area contributed by atoms with Gasteiger partial charge in [0, 0.05) is 6.54 Å². The minimum atomic E-state index is 0.284. The van der Waals surface area contributed by atoms with E-state index in [1.54, 1.807) is 7.11 Å². The van der Waals surface area contributed by atoms with E-state index < -0.39 is 0 Å². The molecule has 0 spiro atoms. The van der Waals surface area contributed by atoms with Crippen LogP contribution in [0.2, 0.25) is 0 Å². The molecule has 1 N–H and O–H groups in total. The van der Waals surface area contributed by atoms with E-state index in [4.69, 9.17) is 4.74 Å². The lowest BCUT2D eigenvalue weighted by Crippen LogP contribution is -2.29. The molecule has 2 unspecified atom stereocenters. The van der Waals surface area contributed by atoms with Gasteiger partial charge in [-0.25, -0.2) is 0 Å². The Morgan fingerprint density at radius 2 is 2.00 bits per heavy atom. The van der Waals surface area contributed by atoms with Gasteiger partial charge in [0.05, 0.1) is 25.0 Å². The zero-order valence-corrected chi connectivity index (χ0v) is 14.2. The summed E-state index contributed by atoms with van der Waals surface area (Å²) in [6, 6.07) is 0.284. The van der Waals surface area contributed by atoms with Crippen LogP contribution >= 0.6 is 0 Å². The molecule has 1 heterocycles. The lowest BCUT2D eigenvalue weighted by atomic mass is 9.78. The summed E-state index contributed by atoms with van der Waals surface area (Å²) in [4.78, 5) is 0. The molecule has 0 saturated heterocycles. The van der Waals surface area contributed by atoms with Gasteiger partial charge < -0.3 is 10.1 Å². The summed E-state index contributed by atoms with van der Waals surface area (Å²) < 4.78 is 7.54. The van der Waals surface area contributed by atoms with Gasteiger partial charge in [0.2, 0.25) is 0 Å². The number of rotatable bonds is 7. The Morgan fingerprint density at radius 1 is 1.35 bits per heavy atom. The van der Waals surface area contributed by atoms with E-state index in [1.165, 1.54) is 5.69 Å². The number of aromatic nitrogens is 2. The van der Waals surface area contributed by atoms with E-state index in [2.05, 4.69) is 52.0 Å². The highest BCUT2D eigenvalue weighted by atomic mass is 16.5. The monoisotopic (exact) mass is 281 g/mol. The molecule has 1 aromatic heterocycles. The lowest BCUT2D eigenvalue weighted by Gasteiger charge is -2.31. The van der Waals surface area contributed by atoms with E-state index >= 15 is 0 Å². The number of nitrogens with zero attached hydrogens (tertiary/aromatic N) is 2. The normalized spacial score (nSPS) is 15.2. The van der Waals surface area contributed by atoms with Crippen molar-refractivity contribution in [3.63, 3.8) is 0 Å². The maximum Gasteiger partial charge on any atom is 0.161 e. The first-order valence-electron chi connectivity index (χ1n) is 7.68. The lowest BCUT2D eigenvalue weighted by molar-refractivity contribution is 0.219. The fourth-order valence-corrected chi connectivity index (χ4v) is 2.38. The molecular weight excluding hydrogens is 250 g/mol. The van der Waals surface area contributed by atoms with Crippen LogP contribution in [0.4, 0.5) is 0 Å². The van der Waals surface area contributed by atoms with Gasteiger partial charge in [-0.05, 0) is 31.2 Å². The van der Waals surface area contributed by atoms with Crippen molar-refractivity contribution in [1.29, 1.82) is 0 Å². The van der Waals surface area contributed by atoms with Crippen LogP contribution in [-0.4, -0.2) is 23.4 Å². The number of hydrogen-bond acceptors (Lipinski definition) is 3. The van der Waals surface area contributed by atoms with Crippen molar-refractivity contribution in [3.05, 3.63) is 11.9 Å². The fraction of sp³-hybridized carbons (Fsp3) is 0.812. The molecule has 0 aromatic carbocycles. The largest absolute Gasteiger partial charge is 0.493 e. The van der Waals surface area contributed by atoms with Crippen LogP contribution in [0, 0.1) is 11.3 Å². The molecule has 4 nitrogen and oxygen atoms in total. The summed E-state index contributed by atoms with van der Waals surface area (Å²) >= 11 is 0. The van der Waals surface area contributed by atoms with Crippen LogP contribution < -0.4 is 10.1 Å². The van der Waals surface area contributed by atoms with Crippen LogP contribution in [0.15, 0.2) is 6.20 Å². The highest BCUT2D eigenvalue weighted by Crippen LogP contribution is 2.36. The van der Waals surface area contributed by atoms with E-state index in [-0.39, 0.29) is 6.04 Å². The van der Waals surface area contributed by atoms with Gasteiger partial charge in [0.25, 0.3) is 0 Å². The van der Waals surface area contributed by atoms with E-state index in [0.29, 0.717) is 11.3 Å². The molecule has 0 amide bonds. The van der Waals surface area contributed by atoms with Crippen molar-refractivity contribution < 1.29 is 4.74 Å². The van der Waals surface area contributed by atoms with Gasteiger partial charge in [0.15, 0.2) is 5.75 Å². The maximum absolute atomic E-state index is 5.50. The average Bonchev–Trinajstić information content (AvgIpc) is 2.79. The van der Waals surface area contributed by atoms with Crippen molar-refractivity contribution in [2.24, 2.45) is 11.3 Å². The summed E-state index contributed by atoms with van der Waals surface area (Å²) in [6.45, 7) is 15.3. The summed E-state index contributed by atoms with van der Waals surface area (Å²) in [7, 11) is 1.72. The third kappa shape index (κ3) is 3.98. The molecular formula is C16H31N3O. The van der Waals surface area contributed by atoms with Crippen molar-refractivity contribution in [2.45, 2.75) is 60.5 Å². The first-order chi connectivity index (χ1) is 9.35. The Kier molecular flexibility index (Phi) is 6.06. The van der Waals surface area contributed by atoms with Crippen LogP contribution in [0.5, 0.6) is 5.75 Å². The van der Waals surface area contributed by atoms with Crippen molar-refractivity contribution in [3.8, 4) is 5.75 Å². The van der Waals surface area contributed by atoms with Crippen LogP contribution in [0.3, 0.4) is 0 Å². The summed E-state index contributed by atoms with van der Waals surface area (Å²) in [6.07, 6.45) is 2.91. The zero-order valence-electron chi connectivity index (χ0n) is 14.2. The smallest absolute Gasteiger partial charge is 0.161 e. The molecule has 0 aliphatic carbocycles. The molecule has 0 bridgehead atoms. The summed E-state index contributed by atoms with van der Waals surface area (Å²) in [5, 5.41) is 8.03. The topological polar surface area (TPSA) is 39.1 Å². The molecule has 0 aliphatic rings. The zero-order chi connectivity index (χ0) is 15.3. The average molecular weight is 281 g/mol. The minimum Gasteiger partial charge on any atom is -0.493 e. The molecule has 1 rings (SSSR count). The first-order valence-corrected chi connectivity index (χ1v) is 7.68. The number of methoxy groups -OCH3 is 1. The second-order valence-electron chi connectivity index (χ2n) is 6.53. The Morgan fingerprint density at radius 3 is 2.45 bits per heavy atom. The Hall–Kier alpha value is -1.03. The Balaban J connectivity index is 3.04. The third-order valence-electron chi connectivity index (χ3n) is 4.21. The van der Waals surface area contributed by atoms with Gasteiger partial charge in [-0.1, -0.05) is 34.6 Å². The fourth-order valence-electron chi connectivity index (χ4n) is 2.38. The van der Waals surface area contributed by atoms with E-state index in [0.717, 1.165) is 25.3 Å². The van der Waals surface area contributed by atoms with Crippen molar-refractivity contribution >= 4 is 0 Å². The molecule has 116 valence electrons. The molecule has 2 atom stereocenters. The number of hydrogen-bond donors (Lipinski definition) is 1. The Labute approximate surface area is 123 Å². The third-order valence-corrected chi connectivity index (χ3v) is 4.21. The second kappa shape index (κ2) is 7.11. The van der Waals surface area contributed by atoms with Crippen LogP contribution in [0.1, 0.15) is 59.7 Å². The van der Waals surface area contributed by atoms with Gasteiger partial charge in [-0.15, -0.1) is 0 Å². The van der Waals surface area contributed by atoms with E-state index in [9.17, 15) is 0 Å². The molecule has 0 aliphatic heterocycles. The second-order valence-corrected chi connectivity index (χ2v) is 6.53. The molecule has 0 fully saturated rings. The first kappa shape index (κ1) is 17.0. The SMILES string of the molecule is CCNC(CC(C)C(C)(C)C)c1c(OC)cnn1CC. The standard InChI is InChI=1S/C16H31N3O/c1-8-17-13(10-12(3)16(4,5)6)15-14(20-7)11-18-19(15)9-2/h11-13,17H,8-10H2,1-7H3. The predicted octanol–water partition coefficient (Wildman–Crippen LogP) is 3.63. The number of nitrogens with one attached hydrogen (secondary N) is 1. The summed E-state index contributed by atoms with van der Waals surface area (Å²) in [5.41, 5.74) is 1.48. The molecule has 0 saturated carbocycles. The number of aryl methyl sites for hydroxylation is 1. The summed E-state index contributed by atoms with van der Waals surface area (Å²) in [5.74, 6) is 1.50. The predicted molar refractivity (Wildman–Crippen MR) is 84.1 cm³/mol. The molecule has 4 heteroatoms. The van der Waals surface area contributed by atoms with E-state index in [1.807, 2.05) is 10.9 Å². The highest BCUT2D eigenvalue weighted by molar-refractivity contribution is 5.28. The molecule has 20 heavy (non-hydrogen) atoms. The quantitative estimate of drug-likeness (QED) is 0.829. The van der Waals surface area contributed by atoms with Crippen LogP contribution in [-0.2, 0) is 6.54 Å². The minimum absolute atomic E-state index is 0.284. The Bertz CT molecular complexity index is 385. The van der Waals surface area contributed by atoms with Gasteiger partial charge in [0.1, 0.15) is 0 Å². The molecule has 1 aromatic rings. The maximum atomic E-state index is 5.50. The van der Waals surface area contributed by atoms with Crippen molar-refractivity contribution in [1.82, 2.24) is 15.1 Å². The molecule has 0 radical (unpaired) electrons. The number of ether oxygens (including phenoxy) is 1.